The molecule has 1 atom stereocenters. The molecule has 18 heavy (non-hydrogen) atoms. The zero-order chi connectivity index (χ0) is 12.8. The van der Waals surface area contributed by atoms with E-state index in [0.29, 0.717) is 6.54 Å². The maximum absolute atomic E-state index is 11.9. The number of rotatable bonds is 5. The molecule has 1 aromatic rings. The molecule has 98 valence electrons. The van der Waals surface area contributed by atoms with Crippen LogP contribution in [0.5, 0.6) is 0 Å². The van der Waals surface area contributed by atoms with E-state index in [0.717, 1.165) is 37.9 Å². The summed E-state index contributed by atoms with van der Waals surface area (Å²) in [4.78, 5) is 11.9. The Morgan fingerprint density at radius 3 is 2.78 bits per heavy atom. The molecule has 0 aromatic heterocycles. The summed E-state index contributed by atoms with van der Waals surface area (Å²) in [6.07, 6.45) is 4.55. The van der Waals surface area contributed by atoms with Crippen molar-refractivity contribution in [3.05, 3.63) is 35.4 Å². The SMILES string of the molecule is CCCc1ccc(C(=O)NC[C@@H]2CCCO2)cc1. The lowest BCUT2D eigenvalue weighted by molar-refractivity contribution is 0.0858. The van der Waals surface area contributed by atoms with E-state index in [2.05, 4.69) is 12.2 Å². The maximum atomic E-state index is 11.9. The Kier molecular flexibility index (Phi) is 4.76. The third kappa shape index (κ3) is 3.57. The van der Waals surface area contributed by atoms with Crippen molar-refractivity contribution in [3.8, 4) is 0 Å². The van der Waals surface area contributed by atoms with Gasteiger partial charge in [0.25, 0.3) is 5.91 Å². The fraction of sp³-hybridized carbons (Fsp3) is 0.533. The van der Waals surface area contributed by atoms with Gasteiger partial charge in [-0.25, -0.2) is 0 Å². The molecule has 0 unspecified atom stereocenters. The molecule has 3 nitrogen and oxygen atoms in total. The summed E-state index contributed by atoms with van der Waals surface area (Å²) in [6.45, 7) is 3.60. The lowest BCUT2D eigenvalue weighted by atomic mass is 10.1. The highest BCUT2D eigenvalue weighted by Gasteiger charge is 2.16. The Morgan fingerprint density at radius 2 is 2.17 bits per heavy atom. The standard InChI is InChI=1S/C15H21NO2/c1-2-4-12-6-8-13(9-7-12)15(17)16-11-14-5-3-10-18-14/h6-9,14H,2-5,10-11H2,1H3,(H,16,17)/t14-/m0/s1. The molecule has 1 aliphatic heterocycles. The molecule has 0 bridgehead atoms. The molecule has 1 N–H and O–H groups in total. The van der Waals surface area contributed by atoms with E-state index in [1.165, 1.54) is 5.56 Å². The summed E-state index contributed by atoms with van der Waals surface area (Å²) < 4.78 is 5.48. The number of aryl methyl sites for hydroxylation is 1. The number of benzene rings is 1. The molecule has 1 saturated heterocycles. The lowest BCUT2D eigenvalue weighted by Gasteiger charge is -2.11. The van der Waals surface area contributed by atoms with Crippen LogP contribution in [-0.2, 0) is 11.2 Å². The van der Waals surface area contributed by atoms with Crippen LogP contribution in [0.25, 0.3) is 0 Å². The van der Waals surface area contributed by atoms with Gasteiger partial charge in [-0.15, -0.1) is 0 Å². The van der Waals surface area contributed by atoms with Gasteiger partial charge in [0.15, 0.2) is 0 Å². The summed E-state index contributed by atoms with van der Waals surface area (Å²) >= 11 is 0. The molecule has 1 heterocycles. The number of carbonyl (C=O) groups is 1. The topological polar surface area (TPSA) is 38.3 Å². The van der Waals surface area contributed by atoms with Gasteiger partial charge < -0.3 is 10.1 Å². The lowest BCUT2D eigenvalue weighted by Crippen LogP contribution is -2.31. The van der Waals surface area contributed by atoms with Crippen LogP contribution < -0.4 is 5.32 Å². The Morgan fingerprint density at radius 1 is 1.39 bits per heavy atom. The van der Waals surface area contributed by atoms with Crippen LogP contribution in [0.1, 0.15) is 42.1 Å². The van der Waals surface area contributed by atoms with Crippen molar-refractivity contribution in [2.24, 2.45) is 0 Å². The van der Waals surface area contributed by atoms with Crippen molar-refractivity contribution >= 4 is 5.91 Å². The Labute approximate surface area is 109 Å². The van der Waals surface area contributed by atoms with E-state index in [-0.39, 0.29) is 12.0 Å². The predicted molar refractivity (Wildman–Crippen MR) is 71.7 cm³/mol. The minimum absolute atomic E-state index is 0.00597. The third-order valence-corrected chi connectivity index (χ3v) is 3.27. The minimum Gasteiger partial charge on any atom is -0.376 e. The fourth-order valence-electron chi connectivity index (χ4n) is 2.23. The van der Waals surface area contributed by atoms with Crippen LogP contribution in [0, 0.1) is 0 Å². The predicted octanol–water partition coefficient (Wildman–Crippen LogP) is 2.55. The first kappa shape index (κ1) is 13.1. The molecular weight excluding hydrogens is 226 g/mol. The number of ether oxygens (including phenoxy) is 1. The number of nitrogens with one attached hydrogen (secondary N) is 1. The van der Waals surface area contributed by atoms with Gasteiger partial charge in [-0.1, -0.05) is 25.5 Å². The van der Waals surface area contributed by atoms with Crippen molar-refractivity contribution in [3.63, 3.8) is 0 Å². The number of amides is 1. The van der Waals surface area contributed by atoms with Gasteiger partial charge in [0.05, 0.1) is 6.10 Å². The van der Waals surface area contributed by atoms with E-state index in [1.807, 2.05) is 24.3 Å². The second kappa shape index (κ2) is 6.55. The highest BCUT2D eigenvalue weighted by molar-refractivity contribution is 5.94. The Balaban J connectivity index is 1.83. The van der Waals surface area contributed by atoms with E-state index < -0.39 is 0 Å². The van der Waals surface area contributed by atoms with E-state index >= 15 is 0 Å². The van der Waals surface area contributed by atoms with Crippen LogP contribution in [0.4, 0.5) is 0 Å². The molecule has 0 aliphatic carbocycles. The van der Waals surface area contributed by atoms with E-state index in [9.17, 15) is 4.79 Å². The maximum Gasteiger partial charge on any atom is 0.251 e. The highest BCUT2D eigenvalue weighted by atomic mass is 16.5. The number of hydrogen-bond donors (Lipinski definition) is 1. The average molecular weight is 247 g/mol. The average Bonchev–Trinajstić information content (AvgIpc) is 2.90. The molecule has 1 aliphatic rings. The zero-order valence-electron chi connectivity index (χ0n) is 10.9. The van der Waals surface area contributed by atoms with Crippen molar-refractivity contribution in [1.82, 2.24) is 5.32 Å². The van der Waals surface area contributed by atoms with Crippen LogP contribution in [-0.4, -0.2) is 25.2 Å². The van der Waals surface area contributed by atoms with Gasteiger partial charge >= 0.3 is 0 Å². The summed E-state index contributed by atoms with van der Waals surface area (Å²) in [5, 5.41) is 2.93. The van der Waals surface area contributed by atoms with E-state index in [4.69, 9.17) is 4.74 Å². The summed E-state index contributed by atoms with van der Waals surface area (Å²) in [5.74, 6) is -0.00597. The molecule has 0 radical (unpaired) electrons. The van der Waals surface area contributed by atoms with Crippen LogP contribution in [0.15, 0.2) is 24.3 Å². The minimum atomic E-state index is -0.00597. The van der Waals surface area contributed by atoms with E-state index in [1.54, 1.807) is 0 Å². The molecule has 1 fully saturated rings. The van der Waals surface area contributed by atoms with Crippen LogP contribution in [0.2, 0.25) is 0 Å². The smallest absolute Gasteiger partial charge is 0.251 e. The fourth-order valence-corrected chi connectivity index (χ4v) is 2.23. The normalized spacial score (nSPS) is 18.8. The molecule has 1 aromatic carbocycles. The van der Waals surface area contributed by atoms with Crippen molar-refractivity contribution in [2.75, 3.05) is 13.2 Å². The molecule has 3 heteroatoms. The number of carbonyl (C=O) groups excluding carboxylic acids is 1. The third-order valence-electron chi connectivity index (χ3n) is 3.27. The monoisotopic (exact) mass is 247 g/mol. The van der Waals surface area contributed by atoms with Gasteiger partial charge in [0.1, 0.15) is 0 Å². The molecular formula is C15H21NO2. The largest absolute Gasteiger partial charge is 0.376 e. The summed E-state index contributed by atoms with van der Waals surface area (Å²) in [5.41, 5.74) is 2.01. The number of hydrogen-bond acceptors (Lipinski definition) is 2. The van der Waals surface area contributed by atoms with Gasteiger partial charge in [-0.05, 0) is 37.0 Å². The Bertz CT molecular complexity index is 380. The molecule has 0 saturated carbocycles. The van der Waals surface area contributed by atoms with Gasteiger partial charge in [-0.2, -0.15) is 0 Å². The van der Waals surface area contributed by atoms with Gasteiger partial charge in [-0.3, -0.25) is 4.79 Å². The second-order valence-electron chi connectivity index (χ2n) is 4.79. The van der Waals surface area contributed by atoms with Gasteiger partial charge in [0.2, 0.25) is 0 Å². The summed E-state index contributed by atoms with van der Waals surface area (Å²) in [6, 6.07) is 7.86. The van der Waals surface area contributed by atoms with Crippen LogP contribution >= 0.6 is 0 Å². The molecule has 2 rings (SSSR count). The van der Waals surface area contributed by atoms with Crippen molar-refractivity contribution in [2.45, 2.75) is 38.7 Å². The summed E-state index contributed by atoms with van der Waals surface area (Å²) in [7, 11) is 0. The zero-order valence-corrected chi connectivity index (χ0v) is 10.9. The Hall–Kier alpha value is -1.35. The van der Waals surface area contributed by atoms with Crippen molar-refractivity contribution in [1.29, 1.82) is 0 Å². The molecule has 1 amide bonds. The quantitative estimate of drug-likeness (QED) is 0.868. The van der Waals surface area contributed by atoms with Gasteiger partial charge in [0, 0.05) is 18.7 Å². The first-order valence-electron chi connectivity index (χ1n) is 6.78. The van der Waals surface area contributed by atoms with Crippen molar-refractivity contribution < 1.29 is 9.53 Å². The second-order valence-corrected chi connectivity index (χ2v) is 4.79. The highest BCUT2D eigenvalue weighted by Crippen LogP contribution is 2.11. The molecule has 0 spiro atoms. The first-order chi connectivity index (χ1) is 8.79. The van der Waals surface area contributed by atoms with Crippen LogP contribution in [0.3, 0.4) is 0 Å². The first-order valence-corrected chi connectivity index (χ1v) is 6.78.